The lowest BCUT2D eigenvalue weighted by atomic mass is 9.82. The van der Waals surface area contributed by atoms with E-state index in [0.717, 1.165) is 5.56 Å². The van der Waals surface area contributed by atoms with E-state index in [1.54, 1.807) is 20.8 Å². The Labute approximate surface area is 130 Å². The van der Waals surface area contributed by atoms with Crippen LogP contribution in [0.4, 0.5) is 0 Å². The molecule has 1 aliphatic heterocycles. The van der Waals surface area contributed by atoms with Crippen molar-refractivity contribution >= 4 is 5.97 Å². The fourth-order valence-electron chi connectivity index (χ4n) is 2.69. The summed E-state index contributed by atoms with van der Waals surface area (Å²) in [5, 5.41) is 19.8. The molecule has 0 amide bonds. The van der Waals surface area contributed by atoms with E-state index in [-0.39, 0.29) is 6.42 Å². The Morgan fingerprint density at radius 3 is 2.50 bits per heavy atom. The van der Waals surface area contributed by atoms with Gasteiger partial charge >= 0.3 is 5.97 Å². The molecule has 0 saturated carbocycles. The van der Waals surface area contributed by atoms with Crippen molar-refractivity contribution in [2.45, 2.75) is 51.8 Å². The van der Waals surface area contributed by atoms with Crippen molar-refractivity contribution < 1.29 is 24.5 Å². The summed E-state index contributed by atoms with van der Waals surface area (Å²) in [5.41, 5.74) is 0.392. The van der Waals surface area contributed by atoms with Gasteiger partial charge < -0.3 is 19.7 Å². The second-order valence-electron chi connectivity index (χ2n) is 6.71. The fraction of sp³-hybridized carbons (Fsp3) is 0.588. The monoisotopic (exact) mass is 308 g/mol. The average Bonchev–Trinajstić information content (AvgIpc) is 2.40. The number of ether oxygens (including phenoxy) is 2. The Hall–Kier alpha value is -1.43. The standard InChI is InChI=1S/C17H24O5/c1-17(2,3)22-16(20)13-10-14(18)21-15(19)12(13)9-11-7-5-4-6-8-11/h4-8,12-15,18-19H,9-10H2,1-3H3/t12-,13+,14?,15?/m1/s1. The molecule has 0 bridgehead atoms. The quantitative estimate of drug-likeness (QED) is 0.834. The van der Waals surface area contributed by atoms with Crippen molar-refractivity contribution in [1.82, 2.24) is 0 Å². The minimum Gasteiger partial charge on any atom is -0.460 e. The maximum atomic E-state index is 12.4. The summed E-state index contributed by atoms with van der Waals surface area (Å²) in [5.74, 6) is -1.45. The van der Waals surface area contributed by atoms with E-state index in [4.69, 9.17) is 9.47 Å². The lowest BCUT2D eigenvalue weighted by molar-refractivity contribution is -0.271. The number of hydrogen-bond acceptors (Lipinski definition) is 5. The molecule has 5 nitrogen and oxygen atoms in total. The molecule has 1 aromatic rings. The molecule has 2 N–H and O–H groups in total. The highest BCUT2D eigenvalue weighted by molar-refractivity contribution is 5.73. The molecular formula is C17H24O5. The summed E-state index contributed by atoms with van der Waals surface area (Å²) < 4.78 is 10.5. The number of rotatable bonds is 3. The lowest BCUT2D eigenvalue weighted by Gasteiger charge is -2.37. The molecule has 1 aliphatic rings. The highest BCUT2D eigenvalue weighted by Crippen LogP contribution is 2.33. The molecule has 0 spiro atoms. The number of carbonyl (C=O) groups is 1. The number of aliphatic hydroxyl groups excluding tert-OH is 2. The minimum absolute atomic E-state index is 0.128. The first-order valence-electron chi connectivity index (χ1n) is 7.54. The Balaban J connectivity index is 2.16. The van der Waals surface area contributed by atoms with Gasteiger partial charge in [0.05, 0.1) is 5.92 Å². The van der Waals surface area contributed by atoms with Gasteiger partial charge in [0, 0.05) is 12.3 Å². The lowest BCUT2D eigenvalue weighted by Crippen LogP contribution is -2.46. The zero-order valence-electron chi connectivity index (χ0n) is 13.2. The van der Waals surface area contributed by atoms with Crippen molar-refractivity contribution in [1.29, 1.82) is 0 Å². The summed E-state index contributed by atoms with van der Waals surface area (Å²) in [6.45, 7) is 5.38. The molecular weight excluding hydrogens is 284 g/mol. The van der Waals surface area contributed by atoms with Crippen LogP contribution in [0.2, 0.25) is 0 Å². The van der Waals surface area contributed by atoms with Gasteiger partial charge in [0.1, 0.15) is 5.60 Å². The van der Waals surface area contributed by atoms with Gasteiger partial charge in [0.25, 0.3) is 0 Å². The van der Waals surface area contributed by atoms with E-state index in [0.29, 0.717) is 6.42 Å². The fourth-order valence-corrected chi connectivity index (χ4v) is 2.69. The van der Waals surface area contributed by atoms with Crippen LogP contribution in [0.5, 0.6) is 0 Å². The first-order chi connectivity index (χ1) is 10.3. The van der Waals surface area contributed by atoms with Gasteiger partial charge in [-0.1, -0.05) is 30.3 Å². The van der Waals surface area contributed by atoms with E-state index in [2.05, 4.69) is 0 Å². The topological polar surface area (TPSA) is 76.0 Å². The third-order valence-electron chi connectivity index (χ3n) is 3.66. The van der Waals surface area contributed by atoms with Gasteiger partial charge in [0.2, 0.25) is 0 Å². The van der Waals surface area contributed by atoms with Crippen molar-refractivity contribution in [3.63, 3.8) is 0 Å². The third kappa shape index (κ3) is 4.53. The first kappa shape index (κ1) is 16.9. The second-order valence-corrected chi connectivity index (χ2v) is 6.71. The first-order valence-corrected chi connectivity index (χ1v) is 7.54. The normalized spacial score (nSPS) is 29.1. The molecule has 122 valence electrons. The number of hydrogen-bond donors (Lipinski definition) is 2. The van der Waals surface area contributed by atoms with Crippen LogP contribution in [-0.2, 0) is 20.7 Å². The number of aliphatic hydroxyl groups is 2. The SMILES string of the molecule is CC(C)(C)OC(=O)[C@H]1CC(O)OC(O)[C@@H]1Cc1ccccc1. The molecule has 4 atom stereocenters. The highest BCUT2D eigenvalue weighted by Gasteiger charge is 2.42. The summed E-state index contributed by atoms with van der Waals surface area (Å²) >= 11 is 0. The molecule has 1 aromatic carbocycles. The summed E-state index contributed by atoms with van der Waals surface area (Å²) in [4.78, 5) is 12.4. The molecule has 22 heavy (non-hydrogen) atoms. The van der Waals surface area contributed by atoms with E-state index in [9.17, 15) is 15.0 Å². The summed E-state index contributed by atoms with van der Waals surface area (Å²) in [7, 11) is 0. The molecule has 1 saturated heterocycles. The Morgan fingerprint density at radius 2 is 1.91 bits per heavy atom. The molecule has 1 fully saturated rings. The van der Waals surface area contributed by atoms with Crippen LogP contribution in [0.1, 0.15) is 32.8 Å². The zero-order chi connectivity index (χ0) is 16.3. The Bertz CT molecular complexity index is 494. The van der Waals surface area contributed by atoms with Crippen molar-refractivity contribution in [3.05, 3.63) is 35.9 Å². The maximum absolute atomic E-state index is 12.4. The molecule has 5 heteroatoms. The molecule has 2 unspecified atom stereocenters. The molecule has 0 aromatic heterocycles. The van der Waals surface area contributed by atoms with E-state index in [1.807, 2.05) is 30.3 Å². The largest absolute Gasteiger partial charge is 0.460 e. The van der Waals surface area contributed by atoms with Crippen LogP contribution >= 0.6 is 0 Å². The second kappa shape index (κ2) is 6.77. The van der Waals surface area contributed by atoms with E-state index >= 15 is 0 Å². The molecule has 0 aliphatic carbocycles. The van der Waals surface area contributed by atoms with Gasteiger partial charge in [-0.05, 0) is 32.8 Å². The van der Waals surface area contributed by atoms with Gasteiger partial charge in [-0.3, -0.25) is 4.79 Å². The van der Waals surface area contributed by atoms with Gasteiger partial charge in [-0.2, -0.15) is 0 Å². The summed E-state index contributed by atoms with van der Waals surface area (Å²) in [6.07, 6.45) is -1.73. The maximum Gasteiger partial charge on any atom is 0.310 e. The van der Waals surface area contributed by atoms with Crippen LogP contribution in [0.25, 0.3) is 0 Å². The molecule has 1 heterocycles. The van der Waals surface area contributed by atoms with Gasteiger partial charge in [-0.25, -0.2) is 0 Å². The molecule has 0 radical (unpaired) electrons. The summed E-state index contributed by atoms with van der Waals surface area (Å²) in [6, 6.07) is 9.59. The van der Waals surface area contributed by atoms with Crippen molar-refractivity contribution in [2.75, 3.05) is 0 Å². The van der Waals surface area contributed by atoms with Crippen LogP contribution in [0.3, 0.4) is 0 Å². The van der Waals surface area contributed by atoms with Crippen molar-refractivity contribution in [3.8, 4) is 0 Å². The van der Waals surface area contributed by atoms with Crippen LogP contribution in [-0.4, -0.2) is 34.4 Å². The van der Waals surface area contributed by atoms with Crippen LogP contribution < -0.4 is 0 Å². The number of esters is 1. The zero-order valence-corrected chi connectivity index (χ0v) is 13.2. The number of benzene rings is 1. The van der Waals surface area contributed by atoms with E-state index in [1.165, 1.54) is 0 Å². The van der Waals surface area contributed by atoms with Gasteiger partial charge in [0.15, 0.2) is 12.6 Å². The van der Waals surface area contributed by atoms with Gasteiger partial charge in [-0.15, -0.1) is 0 Å². The number of carbonyl (C=O) groups excluding carboxylic acids is 1. The Kier molecular flexibility index (Phi) is 5.21. The minimum atomic E-state index is -1.19. The van der Waals surface area contributed by atoms with E-state index < -0.39 is 36.0 Å². The predicted octanol–water partition coefficient (Wildman–Crippen LogP) is 1.86. The van der Waals surface area contributed by atoms with Crippen molar-refractivity contribution in [2.24, 2.45) is 11.8 Å². The molecule has 2 rings (SSSR count). The average molecular weight is 308 g/mol. The predicted molar refractivity (Wildman–Crippen MR) is 80.7 cm³/mol. The van der Waals surface area contributed by atoms with Crippen LogP contribution in [0.15, 0.2) is 30.3 Å². The van der Waals surface area contributed by atoms with Crippen LogP contribution in [0, 0.1) is 11.8 Å². The highest BCUT2D eigenvalue weighted by atomic mass is 16.7. The third-order valence-corrected chi connectivity index (χ3v) is 3.66. The Morgan fingerprint density at radius 1 is 1.27 bits per heavy atom. The smallest absolute Gasteiger partial charge is 0.310 e.